The van der Waals surface area contributed by atoms with Crippen molar-refractivity contribution in [1.82, 2.24) is 0 Å². The Morgan fingerprint density at radius 3 is 1.72 bits per heavy atom. The van der Waals surface area contributed by atoms with Crippen molar-refractivity contribution in [2.24, 2.45) is 5.92 Å². The number of hydrogen-bond acceptors (Lipinski definition) is 8. The third-order valence-electron chi connectivity index (χ3n) is 8.70. The second-order valence-electron chi connectivity index (χ2n) is 12.4. The van der Waals surface area contributed by atoms with Crippen LogP contribution in [0.4, 0.5) is 0 Å². The standard InChI is InChI=1S/C29H44B2O8/c1-26(2)27(3,4)37-30(36-26)22(18-16-20-14-12-11-13-15-20)23(31-38-28(5,6)29(7,8)39-31)19-17-21(24(32)34-9)25(33)35-10/h11-15,19,21-22H,16-18H2,1-10H3/b23-19-. The first-order chi connectivity index (χ1) is 18.0. The van der Waals surface area contributed by atoms with Crippen LogP contribution in [0, 0.1) is 5.92 Å². The summed E-state index contributed by atoms with van der Waals surface area (Å²) in [5, 5.41) is 0. The van der Waals surface area contributed by atoms with Gasteiger partial charge in [-0.25, -0.2) is 0 Å². The Hall–Kier alpha value is -2.13. The van der Waals surface area contributed by atoms with E-state index in [-0.39, 0.29) is 12.2 Å². The molecule has 0 aliphatic carbocycles. The Labute approximate surface area is 234 Å². The fourth-order valence-electron chi connectivity index (χ4n) is 4.71. The summed E-state index contributed by atoms with van der Waals surface area (Å²) in [4.78, 5) is 25.0. The van der Waals surface area contributed by atoms with Crippen LogP contribution in [0.1, 0.15) is 73.8 Å². The summed E-state index contributed by atoms with van der Waals surface area (Å²) in [6, 6.07) is 10.2. The molecule has 2 aliphatic rings. The Balaban J connectivity index is 2.07. The number of benzene rings is 1. The third-order valence-corrected chi connectivity index (χ3v) is 8.70. The SMILES string of the molecule is COC(=O)C(C/C=C(\B1OC(C)(C)C(C)(C)O1)C(CCc1ccccc1)B1OC(C)(C)C(C)(C)O1)C(=O)OC. The number of allylic oxidation sites excluding steroid dienone is 2. The molecule has 39 heavy (non-hydrogen) atoms. The number of carbonyl (C=O) groups is 2. The van der Waals surface area contributed by atoms with Gasteiger partial charge in [0.15, 0.2) is 5.92 Å². The van der Waals surface area contributed by atoms with Gasteiger partial charge in [0, 0.05) is 5.82 Å². The predicted octanol–water partition coefficient (Wildman–Crippen LogP) is 4.99. The molecule has 0 N–H and O–H groups in total. The van der Waals surface area contributed by atoms with Crippen molar-refractivity contribution in [2.45, 2.75) is 103 Å². The van der Waals surface area contributed by atoms with Crippen molar-refractivity contribution in [3.05, 3.63) is 47.4 Å². The molecule has 2 heterocycles. The van der Waals surface area contributed by atoms with Crippen LogP contribution >= 0.6 is 0 Å². The molecule has 2 fully saturated rings. The summed E-state index contributed by atoms with van der Waals surface area (Å²) >= 11 is 0. The van der Waals surface area contributed by atoms with E-state index in [4.69, 9.17) is 28.1 Å². The second kappa shape index (κ2) is 11.8. The van der Waals surface area contributed by atoms with Crippen molar-refractivity contribution in [1.29, 1.82) is 0 Å². The highest BCUT2D eigenvalue weighted by Crippen LogP contribution is 2.47. The highest BCUT2D eigenvalue weighted by Gasteiger charge is 2.58. The first-order valence-electron chi connectivity index (χ1n) is 13.7. The molecule has 1 aromatic carbocycles. The van der Waals surface area contributed by atoms with Crippen molar-refractivity contribution in [3.63, 3.8) is 0 Å². The van der Waals surface area contributed by atoms with Gasteiger partial charge in [-0.05, 0) is 85.7 Å². The highest BCUT2D eigenvalue weighted by atomic mass is 16.7. The zero-order valence-corrected chi connectivity index (χ0v) is 25.2. The van der Waals surface area contributed by atoms with Gasteiger partial charge < -0.3 is 28.1 Å². The van der Waals surface area contributed by atoms with E-state index >= 15 is 0 Å². The van der Waals surface area contributed by atoms with E-state index in [1.807, 2.05) is 79.7 Å². The molecule has 0 bridgehead atoms. The third kappa shape index (κ3) is 6.79. The van der Waals surface area contributed by atoms with E-state index < -0.39 is 54.5 Å². The molecule has 0 saturated carbocycles. The lowest BCUT2D eigenvalue weighted by Crippen LogP contribution is -2.41. The minimum atomic E-state index is -1.12. The normalized spacial score (nSPS) is 22.2. The van der Waals surface area contributed by atoms with Gasteiger partial charge >= 0.3 is 26.2 Å². The van der Waals surface area contributed by atoms with Gasteiger partial charge in [0.05, 0.1) is 36.6 Å². The van der Waals surface area contributed by atoms with Gasteiger partial charge in [0.2, 0.25) is 0 Å². The Morgan fingerprint density at radius 2 is 1.26 bits per heavy atom. The second-order valence-corrected chi connectivity index (χ2v) is 12.4. The van der Waals surface area contributed by atoms with E-state index in [9.17, 15) is 9.59 Å². The Morgan fingerprint density at radius 1 is 0.795 bits per heavy atom. The molecule has 3 rings (SSSR count). The molecule has 1 atom stereocenters. The minimum Gasteiger partial charge on any atom is -0.468 e. The van der Waals surface area contributed by atoms with Crippen LogP contribution in [-0.2, 0) is 44.1 Å². The van der Waals surface area contributed by atoms with Gasteiger partial charge in [-0.15, -0.1) is 0 Å². The number of ether oxygens (including phenoxy) is 2. The summed E-state index contributed by atoms with van der Waals surface area (Å²) in [5.74, 6) is -2.74. The maximum Gasteiger partial charge on any atom is 0.489 e. The minimum absolute atomic E-state index is 0.0557. The zero-order valence-electron chi connectivity index (χ0n) is 25.2. The zero-order chi connectivity index (χ0) is 29.2. The molecule has 214 valence electrons. The number of carbonyl (C=O) groups excluding carboxylic acids is 2. The molecule has 10 heteroatoms. The average molecular weight is 542 g/mol. The number of rotatable bonds is 10. The highest BCUT2D eigenvalue weighted by molar-refractivity contribution is 6.60. The molecular weight excluding hydrogens is 498 g/mol. The molecule has 2 saturated heterocycles. The largest absolute Gasteiger partial charge is 0.489 e. The Bertz CT molecular complexity index is 1000. The lowest BCUT2D eigenvalue weighted by atomic mass is 9.55. The van der Waals surface area contributed by atoms with Crippen LogP contribution < -0.4 is 0 Å². The van der Waals surface area contributed by atoms with Crippen molar-refractivity contribution < 1.29 is 37.7 Å². The molecule has 8 nitrogen and oxygen atoms in total. The van der Waals surface area contributed by atoms with Crippen LogP contribution in [0.3, 0.4) is 0 Å². The summed E-state index contributed by atoms with van der Waals surface area (Å²) in [7, 11) is 1.18. The average Bonchev–Trinajstić information content (AvgIpc) is 3.21. The number of hydrogen-bond donors (Lipinski definition) is 0. The van der Waals surface area contributed by atoms with Crippen molar-refractivity contribution >= 4 is 26.2 Å². The monoisotopic (exact) mass is 542 g/mol. The fraction of sp³-hybridized carbons (Fsp3) is 0.655. The van der Waals surface area contributed by atoms with Crippen LogP contribution in [0.15, 0.2) is 41.9 Å². The lowest BCUT2D eigenvalue weighted by molar-refractivity contribution is -0.158. The first-order valence-corrected chi connectivity index (χ1v) is 13.7. The van der Waals surface area contributed by atoms with E-state index in [0.29, 0.717) is 6.42 Å². The van der Waals surface area contributed by atoms with E-state index in [1.54, 1.807) is 0 Å². The first kappa shape index (κ1) is 31.4. The number of aryl methyl sites for hydroxylation is 1. The van der Waals surface area contributed by atoms with Gasteiger partial charge in [0.25, 0.3) is 0 Å². The van der Waals surface area contributed by atoms with Crippen LogP contribution in [-0.4, -0.2) is 62.8 Å². The van der Waals surface area contributed by atoms with Crippen LogP contribution in [0.25, 0.3) is 0 Å². The molecule has 1 unspecified atom stereocenters. The van der Waals surface area contributed by atoms with Gasteiger partial charge in [-0.2, -0.15) is 0 Å². The van der Waals surface area contributed by atoms with Gasteiger partial charge in [-0.1, -0.05) is 36.4 Å². The smallest absolute Gasteiger partial charge is 0.468 e. The maximum absolute atomic E-state index is 12.5. The quantitative estimate of drug-likeness (QED) is 0.232. The number of methoxy groups -OCH3 is 2. The molecule has 0 radical (unpaired) electrons. The summed E-state index contributed by atoms with van der Waals surface area (Å²) < 4.78 is 35.9. The fourth-order valence-corrected chi connectivity index (χ4v) is 4.71. The van der Waals surface area contributed by atoms with Gasteiger partial charge in [0.1, 0.15) is 0 Å². The molecule has 2 aliphatic heterocycles. The molecule has 0 spiro atoms. The van der Waals surface area contributed by atoms with Gasteiger partial charge in [-0.3, -0.25) is 9.59 Å². The lowest BCUT2D eigenvalue weighted by Gasteiger charge is -2.32. The topological polar surface area (TPSA) is 89.5 Å². The maximum atomic E-state index is 12.5. The molecule has 1 aromatic rings. The van der Waals surface area contributed by atoms with E-state index in [2.05, 4.69) is 12.1 Å². The van der Waals surface area contributed by atoms with Crippen molar-refractivity contribution in [2.75, 3.05) is 14.2 Å². The summed E-state index contributed by atoms with van der Waals surface area (Å²) in [6.07, 6.45) is 3.32. The Kier molecular flexibility index (Phi) is 9.48. The van der Waals surface area contributed by atoms with E-state index in [1.165, 1.54) is 19.8 Å². The molecule has 0 aromatic heterocycles. The van der Waals surface area contributed by atoms with Crippen LogP contribution in [0.5, 0.6) is 0 Å². The summed E-state index contributed by atoms with van der Waals surface area (Å²) in [5.41, 5.74) is -0.356. The van der Waals surface area contributed by atoms with Crippen molar-refractivity contribution in [3.8, 4) is 0 Å². The molecular formula is C29H44B2O8. The van der Waals surface area contributed by atoms with E-state index in [0.717, 1.165) is 11.9 Å². The van der Waals surface area contributed by atoms with Crippen LogP contribution in [0.2, 0.25) is 5.82 Å². The molecule has 0 amide bonds. The summed E-state index contributed by atoms with van der Waals surface area (Å²) in [6.45, 7) is 16.0. The number of esters is 2. The predicted molar refractivity (Wildman–Crippen MR) is 151 cm³/mol.